The molecule has 0 spiro atoms. The minimum absolute atomic E-state index is 0.0529. The van der Waals surface area contributed by atoms with Gasteiger partial charge >= 0.3 is 6.03 Å². The first-order valence-electron chi connectivity index (χ1n) is 6.32. The summed E-state index contributed by atoms with van der Waals surface area (Å²) in [6, 6.07) is -0.0529. The Kier molecular flexibility index (Phi) is 5.65. The number of nitrogens with zero attached hydrogens (tertiary/aromatic N) is 4. The van der Waals surface area contributed by atoms with Crippen LogP contribution in [-0.4, -0.2) is 52.1 Å². The Morgan fingerprint density at radius 3 is 2.79 bits per heavy atom. The number of urea groups is 1. The van der Waals surface area contributed by atoms with Crippen molar-refractivity contribution in [3.05, 3.63) is 6.33 Å². The van der Waals surface area contributed by atoms with Crippen LogP contribution in [0.5, 0.6) is 0 Å². The molecule has 108 valence electrons. The average Bonchev–Trinajstić information content (AvgIpc) is 2.81. The summed E-state index contributed by atoms with van der Waals surface area (Å²) < 4.78 is 1.93. The predicted octanol–water partition coefficient (Wildman–Crippen LogP) is 1.79. The highest BCUT2D eigenvalue weighted by Crippen LogP contribution is 2.22. The number of carbonyl (C=O) groups is 1. The second kappa shape index (κ2) is 6.79. The molecule has 0 aliphatic carbocycles. The molecule has 0 aliphatic heterocycles. The van der Waals surface area contributed by atoms with E-state index in [0.29, 0.717) is 0 Å². The molecule has 0 radical (unpaired) electrons. The average molecular weight is 285 g/mol. The van der Waals surface area contributed by atoms with E-state index in [0.717, 1.165) is 23.9 Å². The van der Waals surface area contributed by atoms with Crippen LogP contribution >= 0.6 is 11.8 Å². The van der Waals surface area contributed by atoms with Crippen LogP contribution < -0.4 is 5.32 Å². The van der Waals surface area contributed by atoms with Gasteiger partial charge in [0.25, 0.3) is 0 Å². The third-order valence-electron chi connectivity index (χ3n) is 2.58. The van der Waals surface area contributed by atoms with Gasteiger partial charge in [-0.25, -0.2) is 14.5 Å². The Labute approximate surface area is 119 Å². The predicted molar refractivity (Wildman–Crippen MR) is 77.4 cm³/mol. The van der Waals surface area contributed by atoms with Gasteiger partial charge in [-0.1, -0.05) is 11.8 Å². The summed E-state index contributed by atoms with van der Waals surface area (Å²) in [7, 11) is 3.43. The van der Waals surface area contributed by atoms with Crippen molar-refractivity contribution in [3.8, 4) is 0 Å². The van der Waals surface area contributed by atoms with Gasteiger partial charge in [-0.05, 0) is 27.2 Å². The zero-order chi connectivity index (χ0) is 14.5. The third kappa shape index (κ3) is 4.74. The van der Waals surface area contributed by atoms with Crippen molar-refractivity contribution in [2.45, 2.75) is 37.9 Å². The Morgan fingerprint density at radius 2 is 2.21 bits per heavy atom. The van der Waals surface area contributed by atoms with Crippen LogP contribution in [-0.2, 0) is 5.54 Å². The number of carbonyl (C=O) groups excluding carboxylic acids is 1. The van der Waals surface area contributed by atoms with E-state index in [1.807, 2.05) is 4.68 Å². The fourth-order valence-corrected chi connectivity index (χ4v) is 2.57. The van der Waals surface area contributed by atoms with E-state index in [-0.39, 0.29) is 11.6 Å². The van der Waals surface area contributed by atoms with Crippen molar-refractivity contribution in [1.29, 1.82) is 0 Å². The highest BCUT2D eigenvalue weighted by Gasteiger charge is 2.18. The molecule has 0 unspecified atom stereocenters. The lowest BCUT2D eigenvalue weighted by Gasteiger charge is -2.21. The highest BCUT2D eigenvalue weighted by atomic mass is 32.2. The second-order valence-electron chi connectivity index (χ2n) is 5.30. The molecule has 1 aromatic rings. The summed E-state index contributed by atoms with van der Waals surface area (Å²) in [4.78, 5) is 17.2. The van der Waals surface area contributed by atoms with Gasteiger partial charge in [0.1, 0.15) is 6.33 Å². The number of hydrogen-bond donors (Lipinski definition) is 1. The van der Waals surface area contributed by atoms with Crippen LogP contribution in [0.15, 0.2) is 11.5 Å². The molecule has 19 heavy (non-hydrogen) atoms. The SMILES string of the molecule is CNC(=O)N(C)CCCSc1ncnn1C(C)(C)C. The number of aromatic nitrogens is 3. The molecular weight excluding hydrogens is 262 g/mol. The van der Waals surface area contributed by atoms with E-state index in [9.17, 15) is 4.79 Å². The minimum atomic E-state index is -0.0578. The monoisotopic (exact) mass is 285 g/mol. The summed E-state index contributed by atoms with van der Waals surface area (Å²) in [5, 5.41) is 7.78. The smallest absolute Gasteiger partial charge is 0.316 e. The van der Waals surface area contributed by atoms with Crippen LogP contribution in [0.4, 0.5) is 4.79 Å². The Balaban J connectivity index is 2.38. The van der Waals surface area contributed by atoms with Crippen molar-refractivity contribution in [1.82, 2.24) is 25.0 Å². The summed E-state index contributed by atoms with van der Waals surface area (Å²) in [5.74, 6) is 0.913. The van der Waals surface area contributed by atoms with Gasteiger partial charge in [0.2, 0.25) is 0 Å². The molecule has 0 fully saturated rings. The fraction of sp³-hybridized carbons (Fsp3) is 0.750. The lowest BCUT2D eigenvalue weighted by atomic mass is 10.1. The standard InChI is InChI=1S/C12H23N5OS/c1-12(2,3)17-11(14-9-15-17)19-8-6-7-16(5)10(18)13-4/h9H,6-8H2,1-5H3,(H,13,18). The van der Waals surface area contributed by atoms with Crippen molar-refractivity contribution in [2.75, 3.05) is 26.4 Å². The van der Waals surface area contributed by atoms with Crippen LogP contribution in [0.25, 0.3) is 0 Å². The molecule has 1 aromatic heterocycles. The molecule has 0 bridgehead atoms. The van der Waals surface area contributed by atoms with Crippen molar-refractivity contribution in [2.24, 2.45) is 0 Å². The Bertz CT molecular complexity index is 412. The van der Waals surface area contributed by atoms with Crippen LogP contribution in [0.1, 0.15) is 27.2 Å². The molecule has 1 N–H and O–H groups in total. The van der Waals surface area contributed by atoms with E-state index in [4.69, 9.17) is 0 Å². The summed E-state index contributed by atoms with van der Waals surface area (Å²) in [6.07, 6.45) is 2.51. The van der Waals surface area contributed by atoms with Gasteiger partial charge in [0.05, 0.1) is 5.54 Å². The minimum Gasteiger partial charge on any atom is -0.341 e. The number of rotatable bonds is 5. The van der Waals surface area contributed by atoms with Gasteiger partial charge in [-0.3, -0.25) is 0 Å². The molecule has 0 aromatic carbocycles. The van der Waals surface area contributed by atoms with E-state index in [1.165, 1.54) is 0 Å². The van der Waals surface area contributed by atoms with Crippen molar-refractivity contribution < 1.29 is 4.79 Å². The maximum Gasteiger partial charge on any atom is 0.316 e. The largest absolute Gasteiger partial charge is 0.341 e. The molecule has 0 saturated heterocycles. The number of thioether (sulfide) groups is 1. The summed E-state index contributed by atoms with van der Waals surface area (Å²) in [6.45, 7) is 7.04. The number of hydrogen-bond acceptors (Lipinski definition) is 4. The second-order valence-corrected chi connectivity index (χ2v) is 6.37. The zero-order valence-electron chi connectivity index (χ0n) is 12.3. The molecule has 1 rings (SSSR count). The first-order valence-corrected chi connectivity index (χ1v) is 7.31. The molecule has 0 aliphatic rings. The molecule has 7 heteroatoms. The van der Waals surface area contributed by atoms with Crippen molar-refractivity contribution in [3.63, 3.8) is 0 Å². The molecule has 0 saturated carbocycles. The van der Waals surface area contributed by atoms with Gasteiger partial charge in [0, 0.05) is 26.4 Å². The lowest BCUT2D eigenvalue weighted by Crippen LogP contribution is -2.35. The van der Waals surface area contributed by atoms with Crippen LogP contribution in [0.3, 0.4) is 0 Å². The van der Waals surface area contributed by atoms with Gasteiger partial charge in [-0.2, -0.15) is 5.10 Å². The lowest BCUT2D eigenvalue weighted by molar-refractivity contribution is 0.211. The highest BCUT2D eigenvalue weighted by molar-refractivity contribution is 7.99. The van der Waals surface area contributed by atoms with Crippen LogP contribution in [0.2, 0.25) is 0 Å². The molecule has 0 atom stereocenters. The zero-order valence-corrected chi connectivity index (χ0v) is 13.1. The number of amides is 2. The maximum absolute atomic E-state index is 11.3. The maximum atomic E-state index is 11.3. The van der Waals surface area contributed by atoms with Gasteiger partial charge < -0.3 is 10.2 Å². The van der Waals surface area contributed by atoms with Crippen molar-refractivity contribution >= 4 is 17.8 Å². The summed E-state index contributed by atoms with van der Waals surface area (Å²) in [5.41, 5.74) is -0.0578. The normalized spacial score (nSPS) is 11.4. The Morgan fingerprint density at radius 1 is 1.53 bits per heavy atom. The van der Waals surface area contributed by atoms with E-state index in [1.54, 1.807) is 37.1 Å². The fourth-order valence-electron chi connectivity index (χ4n) is 1.55. The topological polar surface area (TPSA) is 63.1 Å². The molecule has 2 amide bonds. The molecule has 6 nitrogen and oxygen atoms in total. The first-order chi connectivity index (χ1) is 8.86. The summed E-state index contributed by atoms with van der Waals surface area (Å²) >= 11 is 1.67. The molecular formula is C12H23N5OS. The third-order valence-corrected chi connectivity index (χ3v) is 3.61. The number of nitrogens with one attached hydrogen (secondary N) is 1. The molecule has 1 heterocycles. The first kappa shape index (κ1) is 15.8. The van der Waals surface area contributed by atoms with Gasteiger partial charge in [0.15, 0.2) is 5.16 Å². The van der Waals surface area contributed by atoms with E-state index < -0.39 is 0 Å². The van der Waals surface area contributed by atoms with Crippen LogP contribution in [0, 0.1) is 0 Å². The Hall–Kier alpha value is -1.24. The van der Waals surface area contributed by atoms with Gasteiger partial charge in [-0.15, -0.1) is 0 Å². The van der Waals surface area contributed by atoms with E-state index in [2.05, 4.69) is 36.2 Å². The van der Waals surface area contributed by atoms with E-state index >= 15 is 0 Å². The quantitative estimate of drug-likeness (QED) is 0.662.